The molecule has 0 aliphatic rings. The summed E-state index contributed by atoms with van der Waals surface area (Å²) in [5.41, 5.74) is -0.209. The third-order valence-electron chi connectivity index (χ3n) is 3.33. The Morgan fingerprint density at radius 1 is 1.15 bits per heavy atom. The molecule has 0 atom stereocenters. The smallest absolute Gasteiger partial charge is 0.337 e. The molecule has 27 heavy (non-hydrogen) atoms. The van der Waals surface area contributed by atoms with Gasteiger partial charge in [-0.05, 0) is 50.2 Å². The minimum atomic E-state index is -3.88. The molecule has 2 aromatic carbocycles. The van der Waals surface area contributed by atoms with E-state index in [4.69, 9.17) is 4.74 Å². The van der Waals surface area contributed by atoms with Crippen molar-refractivity contribution < 1.29 is 27.6 Å². The molecule has 0 heterocycles. The number of esters is 1. The summed E-state index contributed by atoms with van der Waals surface area (Å²) in [6.07, 6.45) is 0. The highest BCUT2D eigenvalue weighted by Crippen LogP contribution is 2.33. The van der Waals surface area contributed by atoms with Crippen molar-refractivity contribution >= 4 is 21.7 Å². The summed E-state index contributed by atoms with van der Waals surface area (Å²) >= 11 is 0. The molecule has 10 heteroatoms. The van der Waals surface area contributed by atoms with Crippen LogP contribution in [0, 0.1) is 10.1 Å². The van der Waals surface area contributed by atoms with E-state index in [0.29, 0.717) is 5.56 Å². The van der Waals surface area contributed by atoms with Gasteiger partial charge in [0.2, 0.25) is 15.8 Å². The van der Waals surface area contributed by atoms with Crippen molar-refractivity contribution in [3.63, 3.8) is 0 Å². The summed E-state index contributed by atoms with van der Waals surface area (Å²) in [5, 5.41) is 11.3. The van der Waals surface area contributed by atoms with Gasteiger partial charge < -0.3 is 9.47 Å². The molecule has 0 fully saturated rings. The van der Waals surface area contributed by atoms with Crippen LogP contribution in [0.4, 0.5) is 5.69 Å². The quantitative estimate of drug-likeness (QED) is 0.435. The largest absolute Gasteiger partial charge is 0.465 e. The molecule has 0 saturated heterocycles. The van der Waals surface area contributed by atoms with Crippen LogP contribution in [0.5, 0.6) is 11.5 Å². The number of carbonyl (C=O) groups excluding carboxylic acids is 1. The minimum absolute atomic E-state index is 0.130. The Kier molecular flexibility index (Phi) is 6.13. The van der Waals surface area contributed by atoms with Crippen LogP contribution in [0.15, 0.2) is 47.4 Å². The van der Waals surface area contributed by atoms with E-state index >= 15 is 0 Å². The molecule has 0 bridgehead atoms. The molecule has 0 aliphatic heterocycles. The van der Waals surface area contributed by atoms with Gasteiger partial charge in [0, 0.05) is 12.1 Å². The molecule has 0 aromatic heterocycles. The van der Waals surface area contributed by atoms with Crippen molar-refractivity contribution in [3.8, 4) is 11.5 Å². The maximum absolute atomic E-state index is 12.2. The van der Waals surface area contributed by atoms with Crippen LogP contribution in [-0.2, 0) is 14.8 Å². The third-order valence-corrected chi connectivity index (χ3v) is 4.99. The molecule has 144 valence electrons. The number of rotatable bonds is 7. The number of carbonyl (C=O) groups is 1. The van der Waals surface area contributed by atoms with Gasteiger partial charge in [-0.2, -0.15) is 0 Å². The Balaban J connectivity index is 2.35. The first kappa shape index (κ1) is 20.3. The summed E-state index contributed by atoms with van der Waals surface area (Å²) in [6, 6.07) is 8.77. The molecule has 2 aromatic rings. The topological polar surface area (TPSA) is 125 Å². The lowest BCUT2D eigenvalue weighted by Crippen LogP contribution is -2.30. The summed E-state index contributed by atoms with van der Waals surface area (Å²) in [5.74, 6) is -0.421. The van der Waals surface area contributed by atoms with Gasteiger partial charge in [0.25, 0.3) is 0 Å². The van der Waals surface area contributed by atoms with Gasteiger partial charge in [-0.1, -0.05) is 0 Å². The Bertz CT molecular complexity index is 954. The van der Waals surface area contributed by atoms with Crippen molar-refractivity contribution in [2.24, 2.45) is 0 Å². The van der Waals surface area contributed by atoms with Crippen LogP contribution in [-0.4, -0.2) is 32.5 Å². The normalized spacial score (nSPS) is 11.3. The van der Waals surface area contributed by atoms with E-state index in [1.807, 2.05) is 0 Å². The molecule has 0 unspecified atom stereocenters. The number of sulfonamides is 1. The molecule has 1 N–H and O–H groups in total. The minimum Gasteiger partial charge on any atom is -0.465 e. The van der Waals surface area contributed by atoms with Gasteiger partial charge in [-0.15, -0.1) is 0 Å². The van der Waals surface area contributed by atoms with Crippen LogP contribution in [0.1, 0.15) is 24.2 Å². The number of nitrogens with zero attached hydrogens (tertiary/aromatic N) is 1. The molecule has 0 amide bonds. The van der Waals surface area contributed by atoms with Crippen molar-refractivity contribution in [3.05, 3.63) is 58.1 Å². The van der Waals surface area contributed by atoms with E-state index in [9.17, 15) is 23.3 Å². The highest BCUT2D eigenvalue weighted by molar-refractivity contribution is 7.89. The van der Waals surface area contributed by atoms with Crippen LogP contribution in [0.2, 0.25) is 0 Å². The number of benzene rings is 2. The number of ether oxygens (including phenoxy) is 2. The third kappa shape index (κ3) is 5.02. The van der Waals surface area contributed by atoms with E-state index in [2.05, 4.69) is 9.46 Å². The molecule has 0 saturated carbocycles. The van der Waals surface area contributed by atoms with Crippen molar-refractivity contribution in [2.45, 2.75) is 24.8 Å². The molecule has 0 radical (unpaired) electrons. The van der Waals surface area contributed by atoms with Gasteiger partial charge in [-0.25, -0.2) is 17.9 Å². The maximum atomic E-state index is 12.2. The summed E-state index contributed by atoms with van der Waals surface area (Å²) < 4.78 is 36.8. The molecule has 0 spiro atoms. The second-order valence-electron chi connectivity index (χ2n) is 5.78. The Morgan fingerprint density at radius 3 is 2.30 bits per heavy atom. The first-order chi connectivity index (χ1) is 12.6. The van der Waals surface area contributed by atoms with E-state index in [-0.39, 0.29) is 22.4 Å². The predicted molar refractivity (Wildman–Crippen MR) is 96.4 cm³/mol. The van der Waals surface area contributed by atoms with E-state index in [0.717, 1.165) is 6.07 Å². The fourth-order valence-corrected chi connectivity index (χ4v) is 3.45. The average molecular weight is 394 g/mol. The second-order valence-corrected chi connectivity index (χ2v) is 7.49. The lowest BCUT2D eigenvalue weighted by atomic mass is 10.2. The highest BCUT2D eigenvalue weighted by Gasteiger charge is 2.23. The maximum Gasteiger partial charge on any atom is 0.337 e. The van der Waals surface area contributed by atoms with Crippen molar-refractivity contribution in [1.29, 1.82) is 0 Å². The fourth-order valence-electron chi connectivity index (χ4n) is 2.18. The molecule has 0 aliphatic carbocycles. The van der Waals surface area contributed by atoms with E-state index < -0.39 is 26.6 Å². The number of methoxy groups -OCH3 is 1. The highest BCUT2D eigenvalue weighted by atomic mass is 32.2. The first-order valence-electron chi connectivity index (χ1n) is 7.81. The molecular weight excluding hydrogens is 376 g/mol. The average Bonchev–Trinajstić information content (AvgIpc) is 2.60. The number of nitrogens with one attached hydrogen (secondary N) is 1. The Morgan fingerprint density at radius 2 is 1.78 bits per heavy atom. The molecule has 2 rings (SSSR count). The lowest BCUT2D eigenvalue weighted by Gasteiger charge is -2.11. The van der Waals surface area contributed by atoms with Gasteiger partial charge in [0.05, 0.1) is 22.5 Å². The summed E-state index contributed by atoms with van der Waals surface area (Å²) in [6.45, 7) is 3.28. The lowest BCUT2D eigenvalue weighted by molar-refractivity contribution is -0.385. The first-order valence-corrected chi connectivity index (χ1v) is 9.29. The monoisotopic (exact) mass is 394 g/mol. The van der Waals surface area contributed by atoms with Gasteiger partial charge in [0.15, 0.2) is 0 Å². The number of nitro groups is 1. The number of nitro benzene ring substituents is 1. The predicted octanol–water partition coefficient (Wildman–Crippen LogP) is 2.86. The van der Waals surface area contributed by atoms with Crippen molar-refractivity contribution in [1.82, 2.24) is 4.72 Å². The molecule has 9 nitrogen and oxygen atoms in total. The van der Waals surface area contributed by atoms with Crippen LogP contribution in [0.3, 0.4) is 0 Å². The summed E-state index contributed by atoms with van der Waals surface area (Å²) in [7, 11) is -2.63. The zero-order chi connectivity index (χ0) is 20.2. The zero-order valence-electron chi connectivity index (χ0n) is 14.8. The van der Waals surface area contributed by atoms with Gasteiger partial charge >= 0.3 is 11.7 Å². The second kappa shape index (κ2) is 8.14. The Labute approximate surface area is 156 Å². The fraction of sp³-hybridized carbons (Fsp3) is 0.235. The zero-order valence-corrected chi connectivity index (χ0v) is 15.6. The SMILES string of the molecule is COC(=O)c1ccc(Oc2ccc(S(=O)(=O)NC(C)C)cc2[N+](=O)[O-])cc1. The van der Waals surface area contributed by atoms with Crippen LogP contribution < -0.4 is 9.46 Å². The standard InChI is InChI=1S/C17H18N2O7S/c1-11(2)18-27(23,24)14-8-9-16(15(10-14)19(21)22)26-13-6-4-12(5-7-13)17(20)25-3/h4-11,18H,1-3H3. The Hall–Kier alpha value is -2.98. The van der Waals surface area contributed by atoms with Gasteiger partial charge in [0.1, 0.15) is 5.75 Å². The van der Waals surface area contributed by atoms with E-state index in [1.54, 1.807) is 13.8 Å². The number of hydrogen-bond donors (Lipinski definition) is 1. The van der Waals surface area contributed by atoms with E-state index in [1.165, 1.54) is 43.5 Å². The summed E-state index contributed by atoms with van der Waals surface area (Å²) in [4.78, 5) is 21.8. The van der Waals surface area contributed by atoms with Crippen LogP contribution >= 0.6 is 0 Å². The number of hydrogen-bond acceptors (Lipinski definition) is 7. The van der Waals surface area contributed by atoms with Gasteiger partial charge in [-0.3, -0.25) is 10.1 Å². The molecular formula is C17H18N2O7S. The van der Waals surface area contributed by atoms with Crippen LogP contribution in [0.25, 0.3) is 0 Å². The van der Waals surface area contributed by atoms with Crippen molar-refractivity contribution in [2.75, 3.05) is 7.11 Å².